The van der Waals surface area contributed by atoms with Crippen molar-refractivity contribution in [2.24, 2.45) is 0 Å². The molecule has 5 aromatic rings. The molecular formula is C26H18BN3O2. The van der Waals surface area contributed by atoms with E-state index in [1.165, 1.54) is 12.1 Å². The summed E-state index contributed by atoms with van der Waals surface area (Å²) in [7, 11) is 6.32. The molecule has 0 saturated carbocycles. The van der Waals surface area contributed by atoms with Crippen LogP contribution < -0.4 is 5.59 Å². The van der Waals surface area contributed by atoms with E-state index in [-0.39, 0.29) is 11.3 Å². The van der Waals surface area contributed by atoms with Gasteiger partial charge in [0.2, 0.25) is 0 Å². The van der Waals surface area contributed by atoms with Crippen LogP contribution in [0.1, 0.15) is 16.7 Å². The van der Waals surface area contributed by atoms with Crippen LogP contribution in [-0.4, -0.2) is 22.6 Å². The molecule has 0 unspecified atom stereocenters. The molecule has 4 aromatic carbocycles. The van der Waals surface area contributed by atoms with Gasteiger partial charge in [0.25, 0.3) is 5.69 Å². The Morgan fingerprint density at radius 1 is 0.750 bits per heavy atom. The van der Waals surface area contributed by atoms with Crippen molar-refractivity contribution in [1.82, 2.24) is 9.78 Å². The van der Waals surface area contributed by atoms with Crippen molar-refractivity contribution in [2.75, 3.05) is 0 Å². The van der Waals surface area contributed by atoms with E-state index < -0.39 is 10.5 Å². The highest BCUT2D eigenvalue weighted by atomic mass is 16.6. The van der Waals surface area contributed by atoms with Crippen molar-refractivity contribution in [3.8, 4) is 0 Å². The van der Waals surface area contributed by atoms with Gasteiger partial charge in [-0.1, -0.05) is 91.0 Å². The number of nitrogens with zero attached hydrogens (tertiary/aromatic N) is 3. The highest BCUT2D eigenvalue weighted by molar-refractivity contribution is 6.37. The number of hydrogen-bond donors (Lipinski definition) is 0. The number of aromatic nitrogens is 2. The monoisotopic (exact) mass is 415 g/mol. The molecule has 6 heteroatoms. The average Bonchev–Trinajstić information content (AvgIpc) is 3.18. The summed E-state index contributed by atoms with van der Waals surface area (Å²) in [6.07, 6.45) is 0. The third-order valence-electron chi connectivity index (χ3n) is 5.80. The van der Waals surface area contributed by atoms with E-state index >= 15 is 0 Å². The lowest BCUT2D eigenvalue weighted by atomic mass is 9.77. The first-order chi connectivity index (χ1) is 15.6. The van der Waals surface area contributed by atoms with E-state index in [0.29, 0.717) is 10.9 Å². The fraction of sp³-hybridized carbons (Fsp3) is 0.0385. The molecule has 0 amide bonds. The van der Waals surface area contributed by atoms with Crippen LogP contribution in [0.2, 0.25) is 0 Å². The van der Waals surface area contributed by atoms with Crippen molar-refractivity contribution in [1.29, 1.82) is 0 Å². The van der Waals surface area contributed by atoms with Crippen LogP contribution in [0.15, 0.2) is 109 Å². The summed E-state index contributed by atoms with van der Waals surface area (Å²) in [6, 6.07) is 35.0. The first-order valence-corrected chi connectivity index (χ1v) is 10.2. The second-order valence-corrected chi connectivity index (χ2v) is 7.56. The van der Waals surface area contributed by atoms with Crippen LogP contribution in [0.3, 0.4) is 0 Å². The molecule has 32 heavy (non-hydrogen) atoms. The van der Waals surface area contributed by atoms with Gasteiger partial charge in [0.15, 0.2) is 0 Å². The Labute approximate surface area is 186 Å². The standard InChI is InChI=1S/C26H18BN3O2/c27-25-23-18-22(30(31)32)16-17-24(23)29(28-25)26(19-10-4-1-5-11-19,20-12-6-2-7-13-20)21-14-8-3-9-15-21/h1-18H. The van der Waals surface area contributed by atoms with E-state index in [1.807, 2.05) is 59.3 Å². The Balaban J connectivity index is 1.95. The van der Waals surface area contributed by atoms with Crippen LogP contribution in [-0.2, 0) is 5.54 Å². The number of hydrogen-bond acceptors (Lipinski definition) is 3. The molecule has 5 rings (SSSR count). The molecule has 5 nitrogen and oxygen atoms in total. The van der Waals surface area contributed by atoms with Crippen molar-refractivity contribution >= 4 is 30.0 Å². The third kappa shape index (κ3) is 3.00. The molecule has 0 spiro atoms. The minimum atomic E-state index is -0.838. The van der Waals surface area contributed by atoms with Gasteiger partial charge in [-0.3, -0.25) is 10.1 Å². The quantitative estimate of drug-likeness (QED) is 0.183. The van der Waals surface area contributed by atoms with E-state index in [2.05, 4.69) is 36.4 Å². The molecular weight excluding hydrogens is 397 g/mol. The minimum Gasteiger partial charge on any atom is -0.258 e. The molecule has 0 bridgehead atoms. The van der Waals surface area contributed by atoms with E-state index in [0.717, 1.165) is 16.7 Å². The highest BCUT2D eigenvalue weighted by Gasteiger charge is 2.40. The molecule has 0 saturated heterocycles. The fourth-order valence-electron chi connectivity index (χ4n) is 4.40. The zero-order valence-electron chi connectivity index (χ0n) is 17.1. The Morgan fingerprint density at radius 3 is 1.66 bits per heavy atom. The van der Waals surface area contributed by atoms with Gasteiger partial charge in [-0.25, -0.2) is 4.68 Å². The predicted octanol–water partition coefficient (Wildman–Crippen LogP) is 4.58. The van der Waals surface area contributed by atoms with Gasteiger partial charge in [0, 0.05) is 23.1 Å². The molecule has 0 aliphatic carbocycles. The van der Waals surface area contributed by atoms with Crippen LogP contribution >= 0.6 is 0 Å². The van der Waals surface area contributed by atoms with Gasteiger partial charge in [-0.05, 0) is 22.8 Å². The van der Waals surface area contributed by atoms with E-state index in [1.54, 1.807) is 6.07 Å². The molecule has 2 radical (unpaired) electrons. The van der Waals surface area contributed by atoms with Crippen molar-refractivity contribution < 1.29 is 4.92 Å². The molecule has 1 heterocycles. The molecule has 1 aromatic heterocycles. The minimum absolute atomic E-state index is 0.0199. The summed E-state index contributed by atoms with van der Waals surface area (Å²) >= 11 is 0. The Kier molecular flexibility index (Phi) is 4.83. The van der Waals surface area contributed by atoms with Crippen LogP contribution in [0.4, 0.5) is 5.69 Å². The second-order valence-electron chi connectivity index (χ2n) is 7.56. The first kappa shape index (κ1) is 19.8. The summed E-state index contributed by atoms with van der Waals surface area (Å²) < 4.78 is 1.89. The largest absolute Gasteiger partial charge is 0.270 e. The van der Waals surface area contributed by atoms with Gasteiger partial charge in [-0.2, -0.15) is 5.10 Å². The van der Waals surface area contributed by atoms with Gasteiger partial charge in [0.05, 0.1) is 10.4 Å². The summed E-state index contributed by atoms with van der Waals surface area (Å²) in [5.74, 6) is 0. The molecule has 0 aliphatic heterocycles. The normalized spacial score (nSPS) is 11.5. The molecule has 0 N–H and O–H groups in total. The predicted molar refractivity (Wildman–Crippen MR) is 126 cm³/mol. The number of rotatable bonds is 5. The summed E-state index contributed by atoms with van der Waals surface area (Å²) in [5, 5.41) is 16.7. The van der Waals surface area contributed by atoms with E-state index in [9.17, 15) is 10.1 Å². The second kappa shape index (κ2) is 7.82. The van der Waals surface area contributed by atoms with E-state index in [4.69, 9.17) is 12.9 Å². The summed E-state index contributed by atoms with van der Waals surface area (Å²) in [6.45, 7) is 0. The number of fused-ring (bicyclic) bond motifs is 1. The van der Waals surface area contributed by atoms with Gasteiger partial charge in [0.1, 0.15) is 13.4 Å². The molecule has 0 aliphatic rings. The smallest absolute Gasteiger partial charge is 0.258 e. The van der Waals surface area contributed by atoms with Gasteiger partial charge >= 0.3 is 0 Å². The van der Waals surface area contributed by atoms with Gasteiger partial charge in [-0.15, -0.1) is 0 Å². The van der Waals surface area contributed by atoms with Gasteiger partial charge < -0.3 is 0 Å². The van der Waals surface area contributed by atoms with Crippen LogP contribution in [0, 0.1) is 10.1 Å². The van der Waals surface area contributed by atoms with Crippen molar-refractivity contribution in [2.45, 2.75) is 5.54 Å². The summed E-state index contributed by atoms with van der Waals surface area (Å²) in [4.78, 5) is 10.9. The van der Waals surface area contributed by atoms with Crippen molar-refractivity contribution in [3.63, 3.8) is 0 Å². The Morgan fingerprint density at radius 2 is 1.22 bits per heavy atom. The Bertz CT molecular complexity index is 1300. The number of benzene rings is 4. The number of nitro benzene ring substituents is 1. The number of nitro groups is 1. The third-order valence-corrected chi connectivity index (χ3v) is 5.80. The molecule has 152 valence electrons. The van der Waals surface area contributed by atoms with Crippen LogP contribution in [0.25, 0.3) is 10.9 Å². The average molecular weight is 415 g/mol. The zero-order chi connectivity index (χ0) is 22.1. The lowest BCUT2D eigenvalue weighted by Crippen LogP contribution is -2.39. The summed E-state index contributed by atoms with van der Waals surface area (Å²) in [5.41, 5.74) is 3.10. The maximum absolute atomic E-state index is 11.4. The maximum atomic E-state index is 11.4. The number of non-ortho nitro benzene ring substituents is 1. The van der Waals surface area contributed by atoms with Crippen molar-refractivity contribution in [3.05, 3.63) is 136 Å². The lowest BCUT2D eigenvalue weighted by Gasteiger charge is -2.37. The SMILES string of the molecule is [B]c1nn(C(c2ccccc2)(c2ccccc2)c2ccccc2)c2ccc([N+](=O)[O-])cc12. The zero-order valence-corrected chi connectivity index (χ0v) is 17.1. The highest BCUT2D eigenvalue weighted by Crippen LogP contribution is 2.42. The lowest BCUT2D eigenvalue weighted by molar-refractivity contribution is -0.384. The maximum Gasteiger partial charge on any atom is 0.270 e. The fourth-order valence-corrected chi connectivity index (χ4v) is 4.40. The Hall–Kier alpha value is -4.19. The first-order valence-electron chi connectivity index (χ1n) is 10.2. The molecule has 0 atom stereocenters. The van der Waals surface area contributed by atoms with Crippen LogP contribution in [0.5, 0.6) is 0 Å². The molecule has 0 fully saturated rings. The topological polar surface area (TPSA) is 61.0 Å².